The van der Waals surface area contributed by atoms with E-state index in [1.165, 1.54) is 0 Å². The second-order valence-electron chi connectivity index (χ2n) is 9.14. The van der Waals surface area contributed by atoms with Gasteiger partial charge in [-0.1, -0.05) is 12.8 Å². The first kappa shape index (κ1) is 25.0. The molecule has 1 saturated heterocycles. The largest absolute Gasteiger partial charge is 0.493 e. The molecule has 1 fully saturated rings. The number of hydrogen-bond acceptors (Lipinski definition) is 6. The van der Waals surface area contributed by atoms with E-state index in [1.54, 1.807) is 25.8 Å². The number of carbonyl (C=O) groups is 3. The number of benzene rings is 1. The SMILES string of the molecule is COc1cc2c(cc1OC)C(=O)C(CC1CCN(C(=O)CCCCCCC(=O)NO)CC1)C2. The number of nitrogens with one attached hydrogen (secondary N) is 1. The van der Waals surface area contributed by atoms with Crippen LogP contribution >= 0.6 is 0 Å². The molecule has 1 unspecified atom stereocenters. The lowest BCUT2D eigenvalue weighted by molar-refractivity contribution is -0.133. The fourth-order valence-corrected chi connectivity index (χ4v) is 5.04. The standard InChI is InChI=1S/C25H36N2O6/c1-32-21-15-18-14-19(25(30)20(18)16-22(21)33-2)13-17-9-11-27(12-10-17)24(29)8-6-4-3-5-7-23(28)26-31/h15-17,19,31H,3-14H2,1-2H3,(H,26,28). The van der Waals surface area contributed by atoms with Crippen LogP contribution in [-0.4, -0.2) is 55.0 Å². The van der Waals surface area contributed by atoms with Crippen LogP contribution in [0.1, 0.15) is 73.7 Å². The van der Waals surface area contributed by atoms with E-state index in [-0.39, 0.29) is 23.5 Å². The highest BCUT2D eigenvalue weighted by Crippen LogP contribution is 2.39. The Morgan fingerprint density at radius 1 is 1.03 bits per heavy atom. The van der Waals surface area contributed by atoms with Gasteiger partial charge < -0.3 is 14.4 Å². The minimum atomic E-state index is -0.364. The smallest absolute Gasteiger partial charge is 0.243 e. The maximum atomic E-state index is 13.0. The molecule has 1 aromatic rings. The summed E-state index contributed by atoms with van der Waals surface area (Å²) in [5.41, 5.74) is 3.42. The van der Waals surface area contributed by atoms with E-state index in [0.29, 0.717) is 30.3 Å². The number of likely N-dealkylation sites (tertiary alicyclic amines) is 1. The van der Waals surface area contributed by atoms with Gasteiger partial charge in [-0.15, -0.1) is 0 Å². The third-order valence-corrected chi connectivity index (χ3v) is 6.97. The quantitative estimate of drug-likeness (QED) is 0.297. The summed E-state index contributed by atoms with van der Waals surface area (Å²) in [5.74, 6) is 1.73. The van der Waals surface area contributed by atoms with Crippen molar-refractivity contribution in [3.8, 4) is 11.5 Å². The maximum Gasteiger partial charge on any atom is 0.243 e. The number of unbranched alkanes of at least 4 members (excludes halogenated alkanes) is 3. The molecular formula is C25H36N2O6. The van der Waals surface area contributed by atoms with Gasteiger partial charge in [0, 0.05) is 37.4 Å². The molecule has 8 nitrogen and oxygen atoms in total. The van der Waals surface area contributed by atoms with Crippen LogP contribution in [0.2, 0.25) is 0 Å². The molecule has 1 heterocycles. The van der Waals surface area contributed by atoms with Gasteiger partial charge in [-0.05, 0) is 62.1 Å². The van der Waals surface area contributed by atoms with Crippen molar-refractivity contribution in [3.63, 3.8) is 0 Å². The Balaban J connectivity index is 1.38. The van der Waals surface area contributed by atoms with Gasteiger partial charge in [-0.25, -0.2) is 5.48 Å². The number of ketones is 1. The third kappa shape index (κ3) is 6.47. The second-order valence-corrected chi connectivity index (χ2v) is 9.14. The van der Waals surface area contributed by atoms with E-state index in [4.69, 9.17) is 14.7 Å². The summed E-state index contributed by atoms with van der Waals surface area (Å²) in [7, 11) is 3.18. The number of ether oxygens (including phenoxy) is 2. The first-order chi connectivity index (χ1) is 16.0. The lowest BCUT2D eigenvalue weighted by Crippen LogP contribution is -2.39. The predicted molar refractivity (Wildman–Crippen MR) is 123 cm³/mol. The summed E-state index contributed by atoms with van der Waals surface area (Å²) in [4.78, 5) is 38.4. The van der Waals surface area contributed by atoms with Crippen LogP contribution in [0.25, 0.3) is 0 Å². The molecule has 1 aliphatic heterocycles. The Kier molecular flexibility index (Phi) is 9.11. The lowest BCUT2D eigenvalue weighted by atomic mass is 9.85. The number of fused-ring (bicyclic) bond motifs is 1. The monoisotopic (exact) mass is 460 g/mol. The molecule has 2 aliphatic rings. The zero-order chi connectivity index (χ0) is 23.8. The van der Waals surface area contributed by atoms with Crippen LogP contribution in [0, 0.1) is 11.8 Å². The highest BCUT2D eigenvalue weighted by molar-refractivity contribution is 6.02. The van der Waals surface area contributed by atoms with Crippen molar-refractivity contribution in [2.24, 2.45) is 11.8 Å². The van der Waals surface area contributed by atoms with Crippen molar-refractivity contribution >= 4 is 17.6 Å². The number of piperidine rings is 1. The van der Waals surface area contributed by atoms with Crippen molar-refractivity contribution < 1.29 is 29.1 Å². The first-order valence-electron chi connectivity index (χ1n) is 12.0. The molecule has 2 N–H and O–H groups in total. The number of rotatable bonds is 11. The van der Waals surface area contributed by atoms with Crippen LogP contribution in [0.5, 0.6) is 11.5 Å². The summed E-state index contributed by atoms with van der Waals surface area (Å²) < 4.78 is 10.7. The molecule has 2 amide bonds. The minimum Gasteiger partial charge on any atom is -0.493 e. The number of methoxy groups -OCH3 is 2. The Morgan fingerprint density at radius 3 is 2.30 bits per heavy atom. The summed E-state index contributed by atoms with van der Waals surface area (Å²) in [6.07, 6.45) is 7.65. The molecule has 8 heteroatoms. The number of amides is 2. The predicted octanol–water partition coefficient (Wildman–Crippen LogP) is 3.53. The van der Waals surface area contributed by atoms with Crippen molar-refractivity contribution in [2.75, 3.05) is 27.3 Å². The summed E-state index contributed by atoms with van der Waals surface area (Å²) in [6, 6.07) is 3.73. The second kappa shape index (κ2) is 12.0. The highest BCUT2D eigenvalue weighted by Gasteiger charge is 2.34. The van der Waals surface area contributed by atoms with E-state index in [1.807, 2.05) is 11.0 Å². The first-order valence-corrected chi connectivity index (χ1v) is 12.0. The minimum absolute atomic E-state index is 0.00280. The molecule has 182 valence electrons. The van der Waals surface area contributed by atoms with E-state index in [9.17, 15) is 14.4 Å². The number of Topliss-reactive ketones (excluding diaryl/α,β-unsaturated/α-hetero) is 1. The molecule has 0 bridgehead atoms. The number of hydrogen-bond donors (Lipinski definition) is 2. The maximum absolute atomic E-state index is 13.0. The van der Waals surface area contributed by atoms with Crippen LogP contribution in [0.3, 0.4) is 0 Å². The number of carbonyl (C=O) groups excluding carboxylic acids is 3. The molecule has 0 saturated carbocycles. The van der Waals surface area contributed by atoms with Crippen LogP contribution in [0.4, 0.5) is 0 Å². The van der Waals surface area contributed by atoms with E-state index >= 15 is 0 Å². The van der Waals surface area contributed by atoms with Crippen molar-refractivity contribution in [3.05, 3.63) is 23.3 Å². The van der Waals surface area contributed by atoms with E-state index in [0.717, 1.165) is 75.6 Å². The van der Waals surface area contributed by atoms with Gasteiger partial charge in [-0.3, -0.25) is 19.6 Å². The molecular weight excluding hydrogens is 424 g/mol. The van der Waals surface area contributed by atoms with Gasteiger partial charge in [0.2, 0.25) is 11.8 Å². The van der Waals surface area contributed by atoms with Gasteiger partial charge in [0.15, 0.2) is 17.3 Å². The fourth-order valence-electron chi connectivity index (χ4n) is 5.04. The Morgan fingerprint density at radius 2 is 1.67 bits per heavy atom. The van der Waals surface area contributed by atoms with Gasteiger partial charge in [0.1, 0.15) is 0 Å². The van der Waals surface area contributed by atoms with Crippen molar-refractivity contribution in [1.82, 2.24) is 10.4 Å². The molecule has 3 rings (SSSR count). The highest BCUT2D eigenvalue weighted by atomic mass is 16.5. The molecule has 0 aromatic heterocycles. The molecule has 1 aliphatic carbocycles. The molecule has 1 aromatic carbocycles. The van der Waals surface area contributed by atoms with Crippen LogP contribution in [0.15, 0.2) is 12.1 Å². The van der Waals surface area contributed by atoms with Gasteiger partial charge >= 0.3 is 0 Å². The third-order valence-electron chi connectivity index (χ3n) is 6.97. The average molecular weight is 461 g/mol. The normalized spacial score (nSPS) is 18.2. The Labute approximate surface area is 195 Å². The van der Waals surface area contributed by atoms with Gasteiger partial charge in [0.25, 0.3) is 0 Å². The zero-order valence-corrected chi connectivity index (χ0v) is 19.7. The summed E-state index contributed by atoms with van der Waals surface area (Å²) in [5, 5.41) is 8.47. The molecule has 0 spiro atoms. The zero-order valence-electron chi connectivity index (χ0n) is 19.7. The molecule has 0 radical (unpaired) electrons. The summed E-state index contributed by atoms with van der Waals surface area (Å²) in [6.45, 7) is 1.52. The number of nitrogens with zero attached hydrogens (tertiary/aromatic N) is 1. The van der Waals surface area contributed by atoms with Gasteiger partial charge in [0.05, 0.1) is 14.2 Å². The fraction of sp³-hybridized carbons (Fsp3) is 0.640. The lowest BCUT2D eigenvalue weighted by Gasteiger charge is -2.33. The van der Waals surface area contributed by atoms with Crippen LogP contribution < -0.4 is 15.0 Å². The van der Waals surface area contributed by atoms with Crippen molar-refractivity contribution in [2.45, 2.75) is 64.2 Å². The average Bonchev–Trinajstić information content (AvgIpc) is 3.14. The molecule has 1 atom stereocenters. The topological polar surface area (TPSA) is 105 Å². The van der Waals surface area contributed by atoms with Crippen LogP contribution in [-0.2, 0) is 16.0 Å². The van der Waals surface area contributed by atoms with E-state index in [2.05, 4.69) is 0 Å². The van der Waals surface area contributed by atoms with Gasteiger partial charge in [-0.2, -0.15) is 0 Å². The Hall–Kier alpha value is -2.61. The Bertz CT molecular complexity index is 848. The summed E-state index contributed by atoms with van der Waals surface area (Å²) >= 11 is 0. The van der Waals surface area contributed by atoms with E-state index < -0.39 is 0 Å². The van der Waals surface area contributed by atoms with Crippen molar-refractivity contribution in [1.29, 1.82) is 0 Å². The molecule has 33 heavy (non-hydrogen) atoms. The number of hydroxylamine groups is 1.